The Morgan fingerprint density at radius 3 is 2.56 bits per heavy atom. The van der Waals surface area contributed by atoms with Gasteiger partial charge in [-0.2, -0.15) is 0 Å². The SMILES string of the molecule is O=C(NCc1cccc(COCc2ccco2)c1)Nc1ccccc1. The van der Waals surface area contributed by atoms with E-state index < -0.39 is 0 Å². The van der Waals surface area contributed by atoms with Crippen molar-refractivity contribution in [3.8, 4) is 0 Å². The number of rotatable bonds is 7. The monoisotopic (exact) mass is 336 g/mol. The van der Waals surface area contributed by atoms with Crippen LogP contribution in [0.1, 0.15) is 16.9 Å². The third-order valence-corrected chi connectivity index (χ3v) is 3.57. The molecule has 128 valence electrons. The Balaban J connectivity index is 1.45. The minimum absolute atomic E-state index is 0.231. The van der Waals surface area contributed by atoms with E-state index in [1.54, 1.807) is 6.26 Å². The Labute approximate surface area is 146 Å². The fourth-order valence-corrected chi connectivity index (χ4v) is 2.37. The molecule has 0 saturated heterocycles. The summed E-state index contributed by atoms with van der Waals surface area (Å²) in [4.78, 5) is 11.9. The van der Waals surface area contributed by atoms with Crippen LogP contribution < -0.4 is 10.6 Å². The molecule has 0 aliphatic rings. The second kappa shape index (κ2) is 8.70. The smallest absolute Gasteiger partial charge is 0.319 e. The summed E-state index contributed by atoms with van der Waals surface area (Å²) in [5.74, 6) is 0.801. The van der Waals surface area contributed by atoms with Gasteiger partial charge in [0.15, 0.2) is 0 Å². The predicted octanol–water partition coefficient (Wildman–Crippen LogP) is 4.32. The van der Waals surface area contributed by atoms with E-state index in [2.05, 4.69) is 10.6 Å². The van der Waals surface area contributed by atoms with Crippen LogP contribution in [-0.4, -0.2) is 6.03 Å². The van der Waals surface area contributed by atoms with E-state index in [4.69, 9.17) is 9.15 Å². The average molecular weight is 336 g/mol. The number of nitrogens with one attached hydrogen (secondary N) is 2. The first kappa shape index (κ1) is 16.8. The number of urea groups is 1. The van der Waals surface area contributed by atoms with Crippen molar-refractivity contribution < 1.29 is 13.9 Å². The summed E-state index contributed by atoms with van der Waals surface area (Å²) in [5, 5.41) is 5.64. The molecule has 0 spiro atoms. The van der Waals surface area contributed by atoms with Gasteiger partial charge in [-0.05, 0) is 35.4 Å². The normalized spacial score (nSPS) is 10.4. The number of benzene rings is 2. The lowest BCUT2D eigenvalue weighted by molar-refractivity contribution is 0.0929. The number of amides is 2. The summed E-state index contributed by atoms with van der Waals surface area (Å²) in [6.07, 6.45) is 1.63. The molecular weight excluding hydrogens is 316 g/mol. The first-order valence-electron chi connectivity index (χ1n) is 8.07. The number of para-hydroxylation sites is 1. The summed E-state index contributed by atoms with van der Waals surface area (Å²) in [6, 6.07) is 20.8. The maximum atomic E-state index is 11.9. The molecule has 0 aliphatic carbocycles. The van der Waals surface area contributed by atoms with Gasteiger partial charge in [-0.15, -0.1) is 0 Å². The number of hydrogen-bond acceptors (Lipinski definition) is 3. The van der Waals surface area contributed by atoms with Gasteiger partial charge in [0, 0.05) is 12.2 Å². The summed E-state index contributed by atoms with van der Waals surface area (Å²) in [7, 11) is 0. The van der Waals surface area contributed by atoms with Gasteiger partial charge in [0.1, 0.15) is 12.4 Å². The first-order valence-corrected chi connectivity index (χ1v) is 8.07. The Morgan fingerprint density at radius 2 is 1.76 bits per heavy atom. The molecule has 0 atom stereocenters. The van der Waals surface area contributed by atoms with Crippen molar-refractivity contribution in [1.82, 2.24) is 5.32 Å². The van der Waals surface area contributed by atoms with Crippen molar-refractivity contribution in [2.24, 2.45) is 0 Å². The maximum absolute atomic E-state index is 11.9. The predicted molar refractivity (Wildman–Crippen MR) is 95.9 cm³/mol. The lowest BCUT2D eigenvalue weighted by atomic mass is 10.1. The van der Waals surface area contributed by atoms with Crippen LogP contribution >= 0.6 is 0 Å². The minimum Gasteiger partial charge on any atom is -0.467 e. The molecule has 1 heterocycles. The van der Waals surface area contributed by atoms with E-state index in [1.165, 1.54) is 0 Å². The largest absolute Gasteiger partial charge is 0.467 e. The van der Waals surface area contributed by atoms with Crippen LogP contribution in [0.25, 0.3) is 0 Å². The Morgan fingerprint density at radius 1 is 0.920 bits per heavy atom. The molecule has 0 fully saturated rings. The molecule has 0 saturated carbocycles. The number of carbonyl (C=O) groups excluding carboxylic acids is 1. The van der Waals surface area contributed by atoms with Crippen LogP contribution in [0.3, 0.4) is 0 Å². The highest BCUT2D eigenvalue weighted by atomic mass is 16.5. The molecule has 3 aromatic rings. The molecule has 0 radical (unpaired) electrons. The molecule has 1 aromatic heterocycles. The quantitative estimate of drug-likeness (QED) is 0.675. The van der Waals surface area contributed by atoms with Crippen molar-refractivity contribution in [3.05, 3.63) is 89.9 Å². The number of ether oxygens (including phenoxy) is 1. The molecule has 5 nitrogen and oxygen atoms in total. The van der Waals surface area contributed by atoms with Crippen LogP contribution in [0.15, 0.2) is 77.4 Å². The highest BCUT2D eigenvalue weighted by molar-refractivity contribution is 5.89. The standard InChI is InChI=1S/C20H20N2O3/c23-20(22-18-8-2-1-3-9-18)21-13-16-6-4-7-17(12-16)14-24-15-19-10-5-11-25-19/h1-12H,13-15H2,(H2,21,22,23). The number of furan rings is 1. The Hall–Kier alpha value is -3.05. The Kier molecular flexibility index (Phi) is 5.85. The zero-order valence-electron chi connectivity index (χ0n) is 13.8. The van der Waals surface area contributed by atoms with Gasteiger partial charge in [-0.25, -0.2) is 4.79 Å². The zero-order valence-corrected chi connectivity index (χ0v) is 13.8. The van der Waals surface area contributed by atoms with Crippen LogP contribution in [0, 0.1) is 0 Å². The van der Waals surface area contributed by atoms with E-state index >= 15 is 0 Å². The fourth-order valence-electron chi connectivity index (χ4n) is 2.37. The third kappa shape index (κ3) is 5.51. The van der Waals surface area contributed by atoms with E-state index in [-0.39, 0.29) is 6.03 Å². The lowest BCUT2D eigenvalue weighted by Gasteiger charge is -2.09. The van der Waals surface area contributed by atoms with Gasteiger partial charge in [0.25, 0.3) is 0 Å². The second-order valence-corrected chi connectivity index (χ2v) is 5.57. The molecule has 0 aliphatic heterocycles. The van der Waals surface area contributed by atoms with E-state index in [0.717, 1.165) is 22.6 Å². The highest BCUT2D eigenvalue weighted by Gasteiger charge is 2.03. The van der Waals surface area contributed by atoms with Crippen molar-refractivity contribution in [3.63, 3.8) is 0 Å². The maximum Gasteiger partial charge on any atom is 0.319 e. The summed E-state index contributed by atoms with van der Waals surface area (Å²) < 4.78 is 10.9. The molecule has 0 unspecified atom stereocenters. The van der Waals surface area contributed by atoms with Gasteiger partial charge in [-0.3, -0.25) is 0 Å². The van der Waals surface area contributed by atoms with Gasteiger partial charge >= 0.3 is 6.03 Å². The lowest BCUT2D eigenvalue weighted by Crippen LogP contribution is -2.28. The van der Waals surface area contributed by atoms with Crippen molar-refractivity contribution in [2.75, 3.05) is 5.32 Å². The fraction of sp³-hybridized carbons (Fsp3) is 0.150. The molecular formula is C20H20N2O3. The van der Waals surface area contributed by atoms with Crippen LogP contribution in [0.4, 0.5) is 10.5 Å². The topological polar surface area (TPSA) is 63.5 Å². The van der Waals surface area contributed by atoms with Gasteiger partial charge in [0.05, 0.1) is 12.9 Å². The van der Waals surface area contributed by atoms with E-state index in [0.29, 0.717) is 19.8 Å². The molecule has 2 aromatic carbocycles. The van der Waals surface area contributed by atoms with Crippen molar-refractivity contribution in [2.45, 2.75) is 19.8 Å². The molecule has 3 rings (SSSR count). The average Bonchev–Trinajstić information content (AvgIpc) is 3.15. The third-order valence-electron chi connectivity index (χ3n) is 3.57. The van der Waals surface area contributed by atoms with Gasteiger partial charge in [-0.1, -0.05) is 42.5 Å². The van der Waals surface area contributed by atoms with Crippen LogP contribution in [0.2, 0.25) is 0 Å². The van der Waals surface area contributed by atoms with Crippen molar-refractivity contribution >= 4 is 11.7 Å². The van der Waals surface area contributed by atoms with Crippen molar-refractivity contribution in [1.29, 1.82) is 0 Å². The molecule has 25 heavy (non-hydrogen) atoms. The van der Waals surface area contributed by atoms with Gasteiger partial charge in [0.2, 0.25) is 0 Å². The number of anilines is 1. The van der Waals surface area contributed by atoms with Crippen LogP contribution in [-0.2, 0) is 24.5 Å². The molecule has 2 N–H and O–H groups in total. The second-order valence-electron chi connectivity index (χ2n) is 5.57. The molecule has 5 heteroatoms. The summed E-state index contributed by atoms with van der Waals surface area (Å²) in [5.41, 5.74) is 2.83. The molecule has 0 bridgehead atoms. The van der Waals surface area contributed by atoms with Gasteiger partial charge < -0.3 is 19.8 Å². The molecule has 2 amide bonds. The van der Waals surface area contributed by atoms with E-state index in [1.807, 2.05) is 66.7 Å². The Bertz CT molecular complexity index is 786. The first-order chi connectivity index (χ1) is 12.3. The summed E-state index contributed by atoms with van der Waals surface area (Å²) >= 11 is 0. The summed E-state index contributed by atoms with van der Waals surface area (Å²) in [6.45, 7) is 1.38. The number of hydrogen-bond donors (Lipinski definition) is 2. The van der Waals surface area contributed by atoms with Crippen LogP contribution in [0.5, 0.6) is 0 Å². The number of carbonyl (C=O) groups is 1. The minimum atomic E-state index is -0.231. The van der Waals surface area contributed by atoms with E-state index in [9.17, 15) is 4.79 Å². The zero-order chi connectivity index (χ0) is 17.3. The highest BCUT2D eigenvalue weighted by Crippen LogP contribution is 2.10.